The summed E-state index contributed by atoms with van der Waals surface area (Å²) in [6.07, 6.45) is 6.70. The molecule has 9 nitrogen and oxygen atoms in total. The number of aromatic nitrogens is 1. The Morgan fingerprint density at radius 2 is 1.83 bits per heavy atom. The fourth-order valence-corrected chi connectivity index (χ4v) is 7.81. The Morgan fingerprint density at radius 3 is 2.46 bits per heavy atom. The molecule has 2 saturated heterocycles. The molecular weight excluding hydrogens is 488 g/mol. The number of rotatable bonds is 9. The van der Waals surface area contributed by atoms with Crippen molar-refractivity contribution in [3.63, 3.8) is 0 Å². The summed E-state index contributed by atoms with van der Waals surface area (Å²) >= 11 is 1.60. The van der Waals surface area contributed by atoms with E-state index in [1.807, 2.05) is 6.20 Å². The van der Waals surface area contributed by atoms with E-state index in [9.17, 15) is 18.4 Å². The van der Waals surface area contributed by atoms with Crippen molar-refractivity contribution < 1.29 is 23.2 Å². The van der Waals surface area contributed by atoms with Gasteiger partial charge in [-0.25, -0.2) is 18.9 Å². The molecule has 11 heteroatoms. The smallest absolute Gasteiger partial charge is 0.266 e. The molecule has 0 radical (unpaired) electrons. The third-order valence-corrected chi connectivity index (χ3v) is 10.7. The highest BCUT2D eigenvalue weighted by atomic mass is 32.2. The van der Waals surface area contributed by atoms with Gasteiger partial charge in [0.15, 0.2) is 9.88 Å². The van der Waals surface area contributed by atoms with Crippen LogP contribution in [-0.4, -0.2) is 73.0 Å². The lowest BCUT2D eigenvalue weighted by atomic mass is 9.98. The number of carbonyl (C=O) groups is 1. The summed E-state index contributed by atoms with van der Waals surface area (Å²) in [5.41, 5.74) is 4.05. The van der Waals surface area contributed by atoms with Crippen LogP contribution in [0.2, 0.25) is 0 Å². The molecule has 1 amide bonds. The Balaban J connectivity index is 1.40. The zero-order valence-electron chi connectivity index (χ0n) is 20.1. The Bertz CT molecular complexity index is 1090. The van der Waals surface area contributed by atoms with Crippen molar-refractivity contribution in [2.75, 3.05) is 44.3 Å². The third-order valence-electron chi connectivity index (χ3n) is 6.96. The van der Waals surface area contributed by atoms with Gasteiger partial charge in [0.2, 0.25) is 10.0 Å². The molecule has 0 spiro atoms. The van der Waals surface area contributed by atoms with E-state index < -0.39 is 20.7 Å². The molecule has 2 aromatic rings. The first kappa shape index (κ1) is 26.0. The van der Waals surface area contributed by atoms with Gasteiger partial charge in [0, 0.05) is 58.4 Å². The van der Waals surface area contributed by atoms with Gasteiger partial charge in [-0.2, -0.15) is 4.31 Å². The monoisotopic (exact) mass is 522 g/mol. The van der Waals surface area contributed by atoms with Gasteiger partial charge < -0.3 is 9.64 Å². The van der Waals surface area contributed by atoms with E-state index in [1.165, 1.54) is 29.1 Å². The van der Waals surface area contributed by atoms with Crippen LogP contribution in [0.5, 0.6) is 0 Å². The molecule has 4 rings (SSSR count). The van der Waals surface area contributed by atoms with Gasteiger partial charge in [0.05, 0.1) is 4.88 Å². The molecule has 0 atom stereocenters. The van der Waals surface area contributed by atoms with Gasteiger partial charge in [-0.1, -0.05) is 55.4 Å². The van der Waals surface area contributed by atoms with Crippen molar-refractivity contribution in [3.05, 3.63) is 36.0 Å². The maximum Gasteiger partial charge on any atom is 0.266 e. The largest absolute Gasteiger partial charge is 0.381 e. The number of anilines is 1. The molecule has 0 bridgehead atoms. The number of hydrogen-bond donors (Lipinski definition) is 2. The minimum atomic E-state index is -3.98. The second-order valence-corrected chi connectivity index (χ2v) is 12.4. The predicted octanol–water partition coefficient (Wildman–Crippen LogP) is 3.05. The Kier molecular flexibility index (Phi) is 8.43. The molecule has 1 aromatic carbocycles. The van der Waals surface area contributed by atoms with Gasteiger partial charge in [-0.15, -0.1) is 0 Å². The average molecular weight is 523 g/mol. The molecule has 35 heavy (non-hydrogen) atoms. The van der Waals surface area contributed by atoms with E-state index in [-0.39, 0.29) is 39.1 Å². The second kappa shape index (κ2) is 11.3. The summed E-state index contributed by atoms with van der Waals surface area (Å²) in [4.78, 5) is 20.2. The molecule has 2 fully saturated rings. The first-order valence-corrected chi connectivity index (χ1v) is 14.5. The van der Waals surface area contributed by atoms with Crippen LogP contribution in [0.1, 0.15) is 44.6 Å². The molecule has 0 saturated carbocycles. The number of aryl methyl sites for hydroxylation is 1. The van der Waals surface area contributed by atoms with E-state index in [1.54, 1.807) is 16.8 Å². The van der Waals surface area contributed by atoms with E-state index in [2.05, 4.69) is 41.1 Å². The highest BCUT2D eigenvalue weighted by Gasteiger charge is 2.54. The van der Waals surface area contributed by atoms with Crippen molar-refractivity contribution >= 4 is 32.4 Å². The maximum atomic E-state index is 13.5. The van der Waals surface area contributed by atoms with Crippen LogP contribution in [0, 0.1) is 0 Å². The zero-order chi connectivity index (χ0) is 24.9. The van der Waals surface area contributed by atoms with Crippen LogP contribution < -0.4 is 10.4 Å². The molecule has 1 aromatic heterocycles. The number of amides is 1. The van der Waals surface area contributed by atoms with E-state index >= 15 is 0 Å². The number of ether oxygens (including phenoxy) is 1. The lowest BCUT2D eigenvalue weighted by molar-refractivity contribution is -0.134. The third kappa shape index (κ3) is 5.39. The fourth-order valence-electron chi connectivity index (χ4n) is 4.73. The summed E-state index contributed by atoms with van der Waals surface area (Å²) in [6.45, 7) is 4.01. The molecule has 0 unspecified atom stereocenters. The summed E-state index contributed by atoms with van der Waals surface area (Å²) in [5.74, 6) is -0.885. The highest BCUT2D eigenvalue weighted by molar-refractivity contribution is 7.91. The lowest BCUT2D eigenvalue weighted by Gasteiger charge is -2.41. The van der Waals surface area contributed by atoms with E-state index in [0.29, 0.717) is 13.1 Å². The minimum Gasteiger partial charge on any atom is -0.381 e. The molecule has 192 valence electrons. The van der Waals surface area contributed by atoms with Crippen molar-refractivity contribution in [2.24, 2.45) is 0 Å². The van der Waals surface area contributed by atoms with Crippen LogP contribution >= 0.6 is 11.3 Å². The quantitative estimate of drug-likeness (QED) is 0.296. The fraction of sp³-hybridized carbons (Fsp3) is 0.583. The number of carbonyl (C=O) groups excluding carboxylic acids is 1. The summed E-state index contributed by atoms with van der Waals surface area (Å²) in [5, 5.41) is 10.1. The Morgan fingerprint density at radius 1 is 1.14 bits per heavy atom. The zero-order valence-corrected chi connectivity index (χ0v) is 21.7. The molecule has 2 aliphatic heterocycles. The standard InChI is InChI=1S/C24H34N4O5S2/c1-2-3-4-5-19-6-8-20(9-7-19)21-18-25-23(34-21)27-12-14-28(15-13-27)35(31,32)24(22(29)26-30)10-16-33-17-11-24/h6-9,18,30H,2-5,10-17H2,1H3,(H,26,29). The molecular formula is C24H34N4O5S2. The molecule has 0 aliphatic carbocycles. The number of sulfonamides is 1. The van der Waals surface area contributed by atoms with Crippen molar-refractivity contribution in [1.82, 2.24) is 14.8 Å². The lowest BCUT2D eigenvalue weighted by Crippen LogP contribution is -2.62. The number of thiazole rings is 1. The summed E-state index contributed by atoms with van der Waals surface area (Å²) in [6, 6.07) is 8.65. The number of hydrogen-bond acceptors (Lipinski definition) is 8. The summed E-state index contributed by atoms with van der Waals surface area (Å²) in [7, 11) is -3.98. The number of hydroxylamine groups is 1. The Hall–Kier alpha value is -2.05. The predicted molar refractivity (Wildman–Crippen MR) is 136 cm³/mol. The molecule has 3 heterocycles. The average Bonchev–Trinajstić information content (AvgIpc) is 3.39. The van der Waals surface area contributed by atoms with Gasteiger partial charge in [-0.05, 0) is 24.0 Å². The first-order valence-electron chi connectivity index (χ1n) is 12.2. The summed E-state index contributed by atoms with van der Waals surface area (Å²) < 4.78 is 31.9. The van der Waals surface area contributed by atoms with Gasteiger partial charge in [-0.3, -0.25) is 10.0 Å². The number of nitrogens with one attached hydrogen (secondary N) is 1. The maximum absolute atomic E-state index is 13.5. The minimum absolute atomic E-state index is 0.0230. The van der Waals surface area contributed by atoms with Gasteiger partial charge >= 0.3 is 0 Å². The number of piperazine rings is 1. The van der Waals surface area contributed by atoms with Crippen LogP contribution in [0.4, 0.5) is 5.13 Å². The van der Waals surface area contributed by atoms with Crippen molar-refractivity contribution in [3.8, 4) is 10.4 Å². The topological polar surface area (TPSA) is 112 Å². The van der Waals surface area contributed by atoms with Crippen LogP contribution in [0.15, 0.2) is 30.5 Å². The van der Waals surface area contributed by atoms with Crippen molar-refractivity contribution in [2.45, 2.75) is 50.2 Å². The van der Waals surface area contributed by atoms with Crippen LogP contribution in [0.3, 0.4) is 0 Å². The number of benzene rings is 1. The Labute approximate surface area is 211 Å². The first-order chi connectivity index (χ1) is 16.9. The molecule has 2 N–H and O–H groups in total. The highest BCUT2D eigenvalue weighted by Crippen LogP contribution is 2.35. The normalized spacial score (nSPS) is 19.0. The number of nitrogens with zero attached hydrogens (tertiary/aromatic N) is 3. The number of unbranched alkanes of at least 4 members (excludes halogenated alkanes) is 2. The van der Waals surface area contributed by atoms with Gasteiger partial charge in [0.1, 0.15) is 0 Å². The van der Waals surface area contributed by atoms with Crippen LogP contribution in [0.25, 0.3) is 10.4 Å². The van der Waals surface area contributed by atoms with Crippen LogP contribution in [-0.2, 0) is 26.0 Å². The van der Waals surface area contributed by atoms with E-state index in [4.69, 9.17) is 4.74 Å². The molecule has 2 aliphatic rings. The second-order valence-electron chi connectivity index (χ2n) is 9.10. The van der Waals surface area contributed by atoms with Crippen molar-refractivity contribution in [1.29, 1.82) is 0 Å². The van der Waals surface area contributed by atoms with Gasteiger partial charge in [0.25, 0.3) is 5.91 Å². The van der Waals surface area contributed by atoms with E-state index in [0.717, 1.165) is 22.0 Å². The SMILES string of the molecule is CCCCCc1ccc(-c2cnc(N3CCN(S(=O)(=O)C4(C(=O)NO)CCOCC4)CC3)s2)cc1.